The van der Waals surface area contributed by atoms with Crippen molar-refractivity contribution >= 4 is 11.7 Å². The van der Waals surface area contributed by atoms with E-state index in [0.717, 1.165) is 19.8 Å². The second-order valence-corrected chi connectivity index (χ2v) is 4.95. The number of hydrogen-bond donors (Lipinski definition) is 1. The summed E-state index contributed by atoms with van der Waals surface area (Å²) in [7, 11) is 1.33. The van der Waals surface area contributed by atoms with E-state index in [0.29, 0.717) is 5.69 Å². The number of ether oxygens (including phenoxy) is 1. The quantitative estimate of drug-likeness (QED) is 0.834. The topological polar surface area (TPSA) is 38.3 Å². The van der Waals surface area contributed by atoms with E-state index in [2.05, 4.69) is 5.32 Å². The van der Waals surface area contributed by atoms with Crippen LogP contribution in [-0.2, 0) is 15.5 Å². The van der Waals surface area contributed by atoms with Crippen molar-refractivity contribution in [1.29, 1.82) is 0 Å². The minimum absolute atomic E-state index is 0.0723. The number of hydrogen-bond acceptors (Lipinski definition) is 3. The van der Waals surface area contributed by atoms with E-state index in [1.165, 1.54) is 19.2 Å². The molecule has 19 heavy (non-hydrogen) atoms. The van der Waals surface area contributed by atoms with Crippen LogP contribution in [-0.4, -0.2) is 19.1 Å². The summed E-state index contributed by atoms with van der Waals surface area (Å²) in [6, 6.07) is 5.52. The fraction of sp³-hybridized carbons (Fsp3) is 0.500. The molecule has 1 aliphatic carbocycles. The van der Waals surface area contributed by atoms with Crippen LogP contribution in [0.25, 0.3) is 0 Å². The number of carbonyl (C=O) groups excluding carboxylic acids is 1. The molecule has 1 unspecified atom stereocenters. The molecule has 0 spiro atoms. The molecule has 104 valence electrons. The summed E-state index contributed by atoms with van der Waals surface area (Å²) in [5, 5.41) is 3.00. The lowest BCUT2D eigenvalue weighted by atomic mass is 10.1. The molecule has 2 rings (SSSR count). The third-order valence-corrected chi connectivity index (χ3v) is 3.24. The highest BCUT2D eigenvalue weighted by Crippen LogP contribution is 2.35. The van der Waals surface area contributed by atoms with E-state index in [1.807, 2.05) is 0 Å². The highest BCUT2D eigenvalue weighted by Gasteiger charge is 2.37. The molecule has 1 aromatic carbocycles. The average molecular weight is 269 g/mol. The zero-order valence-electron chi connectivity index (χ0n) is 11.0. The summed E-state index contributed by atoms with van der Waals surface area (Å²) in [5.41, 5.74) is 0.443. The Labute approximate surface area is 111 Å². The van der Waals surface area contributed by atoms with Gasteiger partial charge in [0.15, 0.2) is 0 Å². The molecule has 1 fully saturated rings. The fourth-order valence-corrected chi connectivity index (χ4v) is 1.99. The molecule has 1 saturated carbocycles. The highest BCUT2D eigenvalue weighted by molar-refractivity contribution is 5.80. The van der Waals surface area contributed by atoms with Crippen molar-refractivity contribution in [2.75, 3.05) is 12.4 Å². The van der Waals surface area contributed by atoms with Crippen LogP contribution in [0.3, 0.4) is 0 Å². The fourth-order valence-electron chi connectivity index (χ4n) is 1.99. The van der Waals surface area contributed by atoms with E-state index < -0.39 is 12.0 Å². The number of alkyl halides is 2. The first-order valence-corrected chi connectivity index (χ1v) is 6.24. The first kappa shape index (κ1) is 13.8. The van der Waals surface area contributed by atoms with Crippen LogP contribution in [0.1, 0.15) is 25.3 Å². The van der Waals surface area contributed by atoms with Gasteiger partial charge >= 0.3 is 5.97 Å². The molecule has 0 heterocycles. The number of anilines is 1. The predicted octanol–water partition coefficient (Wildman–Crippen LogP) is 3.16. The van der Waals surface area contributed by atoms with Crippen molar-refractivity contribution < 1.29 is 18.3 Å². The van der Waals surface area contributed by atoms with Gasteiger partial charge in [0, 0.05) is 18.2 Å². The summed E-state index contributed by atoms with van der Waals surface area (Å²) in [6.45, 7) is 0.852. The molecule has 0 aliphatic heterocycles. The lowest BCUT2D eigenvalue weighted by Crippen LogP contribution is -2.32. The van der Waals surface area contributed by atoms with Crippen LogP contribution >= 0.6 is 0 Å². The summed E-state index contributed by atoms with van der Waals surface area (Å²) in [4.78, 5) is 11.6. The molecule has 1 aromatic rings. The Bertz CT molecular complexity index is 467. The van der Waals surface area contributed by atoms with Crippen molar-refractivity contribution in [3.8, 4) is 0 Å². The van der Waals surface area contributed by atoms with Crippen molar-refractivity contribution in [2.45, 2.75) is 31.7 Å². The van der Waals surface area contributed by atoms with Gasteiger partial charge in [0.05, 0.1) is 7.11 Å². The number of carbonyl (C=O) groups is 1. The van der Waals surface area contributed by atoms with Crippen LogP contribution < -0.4 is 5.32 Å². The molecule has 3 nitrogen and oxygen atoms in total. The van der Waals surface area contributed by atoms with Crippen molar-refractivity contribution in [3.05, 3.63) is 29.8 Å². The van der Waals surface area contributed by atoms with Gasteiger partial charge in [-0.3, -0.25) is 0 Å². The highest BCUT2D eigenvalue weighted by atomic mass is 19.3. The van der Waals surface area contributed by atoms with Crippen molar-refractivity contribution in [1.82, 2.24) is 0 Å². The predicted molar refractivity (Wildman–Crippen MR) is 68.2 cm³/mol. The number of halogens is 2. The van der Waals surface area contributed by atoms with Gasteiger partial charge in [-0.15, -0.1) is 0 Å². The minimum Gasteiger partial charge on any atom is -0.467 e. The molecule has 1 aliphatic rings. The normalized spacial score (nSPS) is 16.8. The molecule has 0 bridgehead atoms. The smallest absolute Gasteiger partial charge is 0.328 e. The summed E-state index contributed by atoms with van der Waals surface area (Å²) < 4.78 is 31.2. The second-order valence-electron chi connectivity index (χ2n) is 4.95. The van der Waals surface area contributed by atoms with Crippen molar-refractivity contribution in [3.63, 3.8) is 0 Å². The average Bonchev–Trinajstić information content (AvgIpc) is 3.18. The first-order chi connectivity index (χ1) is 8.91. The van der Waals surface area contributed by atoms with Gasteiger partial charge in [0.1, 0.15) is 6.04 Å². The molecule has 1 N–H and O–H groups in total. The monoisotopic (exact) mass is 269 g/mol. The number of rotatable bonds is 5. The van der Waals surface area contributed by atoms with E-state index in [4.69, 9.17) is 4.74 Å². The van der Waals surface area contributed by atoms with E-state index in [9.17, 15) is 13.6 Å². The molecule has 0 saturated heterocycles. The van der Waals surface area contributed by atoms with Gasteiger partial charge < -0.3 is 10.1 Å². The Hall–Kier alpha value is -1.65. The molecule has 5 heteroatoms. The Morgan fingerprint density at radius 1 is 1.47 bits per heavy atom. The first-order valence-electron chi connectivity index (χ1n) is 6.24. The lowest BCUT2D eigenvalue weighted by molar-refractivity contribution is -0.142. The van der Waals surface area contributed by atoms with Crippen LogP contribution in [0.15, 0.2) is 24.3 Å². The Morgan fingerprint density at radius 3 is 2.68 bits per heavy atom. The Kier molecular flexibility index (Phi) is 3.73. The number of esters is 1. The van der Waals surface area contributed by atoms with Gasteiger partial charge in [-0.2, -0.15) is 0 Å². The molecule has 0 amide bonds. The Balaban J connectivity index is 2.15. The molecular formula is C14H17F2NO2. The maximum atomic E-state index is 13.2. The van der Waals surface area contributed by atoms with Crippen LogP contribution in [0.5, 0.6) is 0 Å². The molecule has 0 radical (unpaired) electrons. The van der Waals surface area contributed by atoms with Gasteiger partial charge in [0.25, 0.3) is 5.92 Å². The zero-order valence-corrected chi connectivity index (χ0v) is 11.0. The third-order valence-electron chi connectivity index (χ3n) is 3.24. The van der Waals surface area contributed by atoms with E-state index >= 15 is 0 Å². The zero-order chi connectivity index (χ0) is 14.0. The second kappa shape index (κ2) is 5.15. The molecular weight excluding hydrogens is 252 g/mol. The summed E-state index contributed by atoms with van der Waals surface area (Å²) in [6.07, 6.45) is 1.91. The maximum Gasteiger partial charge on any atom is 0.328 e. The molecule has 0 aromatic heterocycles. The minimum atomic E-state index is -2.89. The summed E-state index contributed by atoms with van der Waals surface area (Å²) >= 11 is 0. The number of nitrogens with one attached hydrogen (secondary N) is 1. The van der Waals surface area contributed by atoms with Crippen LogP contribution in [0, 0.1) is 5.92 Å². The van der Waals surface area contributed by atoms with Gasteiger partial charge in [-0.25, -0.2) is 13.6 Å². The maximum absolute atomic E-state index is 13.2. The van der Waals surface area contributed by atoms with Crippen molar-refractivity contribution in [2.24, 2.45) is 5.92 Å². The Morgan fingerprint density at radius 2 is 2.16 bits per heavy atom. The van der Waals surface area contributed by atoms with Crippen LogP contribution in [0.2, 0.25) is 0 Å². The van der Waals surface area contributed by atoms with Gasteiger partial charge in [0.2, 0.25) is 0 Å². The SMILES string of the molecule is COC(=O)C(Nc1cccc(C(C)(F)F)c1)C1CC1. The largest absolute Gasteiger partial charge is 0.467 e. The summed E-state index contributed by atoms with van der Waals surface area (Å²) in [5.74, 6) is -3.01. The number of methoxy groups -OCH3 is 1. The number of benzene rings is 1. The molecule has 1 atom stereocenters. The third kappa shape index (κ3) is 3.43. The van der Waals surface area contributed by atoms with E-state index in [-0.39, 0.29) is 17.5 Å². The standard InChI is InChI=1S/C14H17F2NO2/c1-14(15,16)10-4-3-5-11(8-10)17-12(9-6-7-9)13(18)19-2/h3-5,8-9,12,17H,6-7H2,1-2H3. The van der Waals surface area contributed by atoms with Gasteiger partial charge in [-0.05, 0) is 30.9 Å². The van der Waals surface area contributed by atoms with Crippen LogP contribution in [0.4, 0.5) is 14.5 Å². The van der Waals surface area contributed by atoms with Gasteiger partial charge in [-0.1, -0.05) is 12.1 Å². The lowest BCUT2D eigenvalue weighted by Gasteiger charge is -2.18. The van der Waals surface area contributed by atoms with E-state index in [1.54, 1.807) is 12.1 Å².